The first-order valence-corrected chi connectivity index (χ1v) is 12.1. The predicted molar refractivity (Wildman–Crippen MR) is 142 cm³/mol. The van der Waals surface area contributed by atoms with Gasteiger partial charge in [0.1, 0.15) is 0 Å². The first-order valence-electron chi connectivity index (χ1n) is 12.1. The Bertz CT molecular complexity index is 1310. The molecule has 1 heterocycles. The van der Waals surface area contributed by atoms with Gasteiger partial charge in [-0.15, -0.1) is 5.69 Å². The van der Waals surface area contributed by atoms with Crippen LogP contribution in [0.25, 0.3) is 15.8 Å². The van der Waals surface area contributed by atoms with E-state index >= 15 is 0 Å². The molecular weight excluding hydrogens is 527 g/mol. The Kier molecular flexibility index (Phi) is 10.6. The molecule has 0 aliphatic carbocycles. The van der Waals surface area contributed by atoms with Crippen LogP contribution in [-0.2, 0) is 32.6 Å². The molecule has 1 aliphatic rings. The maximum Gasteiger partial charge on any atom is 2.00 e. The van der Waals surface area contributed by atoms with E-state index in [2.05, 4.69) is 25.2 Å². The molecule has 1 N–H and O–H groups in total. The number of amides is 1. The molecule has 1 fully saturated rings. The second-order valence-electron chi connectivity index (χ2n) is 8.69. The zero-order valence-electron chi connectivity index (χ0n) is 20.5. The van der Waals surface area contributed by atoms with E-state index in [0.29, 0.717) is 29.1 Å². The van der Waals surface area contributed by atoms with E-state index in [9.17, 15) is 14.7 Å². The summed E-state index contributed by atoms with van der Waals surface area (Å²) in [7, 11) is 0. The smallest absolute Gasteiger partial charge is 0.625 e. The van der Waals surface area contributed by atoms with Gasteiger partial charge in [0, 0.05) is 17.0 Å². The number of carbonyl (C=O) groups excluding carboxylic acids is 1. The standard InChI is InChI=1S/C28H28N6O3.Ni/c29-33-30-18-24(28(36)37)31-26(21-12-5-2-6-13-21)22-14-7-8-15-23(22)32-27(35)25-16-9-17-34(25)19-20-10-3-1-4-11-20;/h1-8,10-15,24-25H,9,16-19H2,(H2,31,32,35,36,37);/q;+2/p-1/t24-,25-;/m1./s1. The normalized spacial score (nSPS) is 16.1. The average molecular weight is 554 g/mol. The van der Waals surface area contributed by atoms with E-state index in [0.717, 1.165) is 24.9 Å². The van der Waals surface area contributed by atoms with E-state index in [-0.39, 0.29) is 35.0 Å². The van der Waals surface area contributed by atoms with Crippen LogP contribution in [0.3, 0.4) is 0 Å². The first kappa shape index (κ1) is 28.6. The number of likely N-dealkylation sites (tertiary alicyclic amines) is 1. The summed E-state index contributed by atoms with van der Waals surface area (Å²) in [5.74, 6) is -1.45. The molecule has 0 aromatic heterocycles. The Morgan fingerprint density at radius 3 is 2.37 bits per heavy atom. The maximum atomic E-state index is 13.4. The Balaban J connectivity index is 0.00000400. The number of azide groups is 1. The molecule has 1 aliphatic heterocycles. The van der Waals surface area contributed by atoms with Crippen LogP contribution < -0.4 is 0 Å². The van der Waals surface area contributed by atoms with Gasteiger partial charge in [0.2, 0.25) is 0 Å². The number of benzene rings is 3. The molecule has 9 nitrogen and oxygen atoms in total. The Morgan fingerprint density at radius 1 is 1.03 bits per heavy atom. The van der Waals surface area contributed by atoms with Gasteiger partial charge in [0.05, 0.1) is 24.2 Å². The fraction of sp³-hybridized carbons (Fsp3) is 0.250. The molecular formula is C28H27N6NiO3+. The Labute approximate surface area is 231 Å². The third-order valence-electron chi connectivity index (χ3n) is 6.20. The van der Waals surface area contributed by atoms with Crippen molar-refractivity contribution >= 4 is 23.3 Å². The maximum absolute atomic E-state index is 13.4. The van der Waals surface area contributed by atoms with Gasteiger partial charge in [-0.25, -0.2) is 4.79 Å². The van der Waals surface area contributed by atoms with Gasteiger partial charge < -0.3 is 15.2 Å². The van der Waals surface area contributed by atoms with Crippen molar-refractivity contribution in [1.82, 2.24) is 4.90 Å². The third-order valence-corrected chi connectivity index (χ3v) is 6.20. The average Bonchev–Trinajstić information content (AvgIpc) is 3.38. The van der Waals surface area contributed by atoms with Gasteiger partial charge in [-0.3, -0.25) is 9.89 Å². The van der Waals surface area contributed by atoms with Crippen LogP contribution in [0.15, 0.2) is 95.0 Å². The van der Waals surface area contributed by atoms with Crippen molar-refractivity contribution in [3.05, 3.63) is 117 Å². The van der Waals surface area contributed by atoms with E-state index in [1.165, 1.54) is 0 Å². The van der Waals surface area contributed by atoms with Crippen LogP contribution in [0.5, 0.6) is 0 Å². The SMILES string of the molecule is [N-]=[N+]=NC[C@@H](N=C(c1ccccc1)c1ccccc1[N-]C(=O)[C@H]1CCCN1Cc1ccccc1)C(=O)O.[Ni+2]. The van der Waals surface area contributed by atoms with E-state index in [4.69, 9.17) is 5.53 Å². The van der Waals surface area contributed by atoms with Crippen molar-refractivity contribution in [3.8, 4) is 0 Å². The van der Waals surface area contributed by atoms with E-state index in [1.807, 2.05) is 60.7 Å². The van der Waals surface area contributed by atoms with Gasteiger partial charge in [-0.1, -0.05) is 90.0 Å². The zero-order chi connectivity index (χ0) is 26.0. The van der Waals surface area contributed by atoms with Crippen molar-refractivity contribution in [2.45, 2.75) is 31.5 Å². The largest absolute Gasteiger partial charge is 2.00 e. The number of nitrogens with zero attached hydrogens (tertiary/aromatic N) is 6. The summed E-state index contributed by atoms with van der Waals surface area (Å²) in [6, 6.07) is 24.6. The molecule has 3 aromatic rings. The quantitative estimate of drug-likeness (QED) is 0.117. The van der Waals surface area contributed by atoms with Crippen LogP contribution in [-0.4, -0.2) is 52.8 Å². The van der Waals surface area contributed by atoms with Gasteiger partial charge in [-0.2, -0.15) is 0 Å². The van der Waals surface area contributed by atoms with Crippen molar-refractivity contribution in [3.63, 3.8) is 0 Å². The van der Waals surface area contributed by atoms with Crippen LogP contribution >= 0.6 is 0 Å². The molecule has 0 unspecified atom stereocenters. The number of aliphatic carboxylic acids is 1. The number of hydrogen-bond donors (Lipinski definition) is 1. The number of carboxylic acid groups (broad SMARTS) is 1. The first-order chi connectivity index (χ1) is 18.1. The number of rotatable bonds is 10. The van der Waals surface area contributed by atoms with E-state index < -0.39 is 12.0 Å². The summed E-state index contributed by atoms with van der Waals surface area (Å²) in [6.07, 6.45) is 1.64. The van der Waals surface area contributed by atoms with Crippen LogP contribution in [0.2, 0.25) is 0 Å². The van der Waals surface area contributed by atoms with Gasteiger partial charge in [-0.05, 0) is 36.0 Å². The van der Waals surface area contributed by atoms with Crippen LogP contribution in [0, 0.1) is 0 Å². The Morgan fingerprint density at radius 2 is 1.68 bits per heavy atom. The minimum Gasteiger partial charge on any atom is -0.625 e. The van der Waals surface area contributed by atoms with Crippen molar-refractivity contribution in [1.29, 1.82) is 0 Å². The number of carbonyl (C=O) groups is 2. The second kappa shape index (κ2) is 14.1. The molecule has 196 valence electrons. The van der Waals surface area contributed by atoms with Crippen molar-refractivity contribution < 1.29 is 31.2 Å². The van der Waals surface area contributed by atoms with Crippen LogP contribution in [0.1, 0.15) is 29.5 Å². The summed E-state index contributed by atoms with van der Waals surface area (Å²) in [5.41, 5.74) is 11.8. The molecule has 2 atom stereocenters. The predicted octanol–water partition coefficient (Wildman–Crippen LogP) is 5.48. The molecule has 38 heavy (non-hydrogen) atoms. The van der Waals surface area contributed by atoms with Gasteiger partial charge in [0.25, 0.3) is 0 Å². The topological polar surface area (TPSA) is 133 Å². The summed E-state index contributed by atoms with van der Waals surface area (Å²) in [6.45, 7) is 1.15. The molecule has 10 heteroatoms. The monoisotopic (exact) mass is 553 g/mol. The fourth-order valence-corrected chi connectivity index (χ4v) is 4.42. The number of para-hydroxylation sites is 1. The number of aliphatic imine (C=N–C) groups is 1. The zero-order valence-corrected chi connectivity index (χ0v) is 21.5. The summed E-state index contributed by atoms with van der Waals surface area (Å²) >= 11 is 0. The molecule has 3 aromatic carbocycles. The number of hydrogen-bond acceptors (Lipinski definition) is 5. The summed E-state index contributed by atoms with van der Waals surface area (Å²) in [5, 5.41) is 17.6. The van der Waals surface area contributed by atoms with E-state index in [1.54, 1.807) is 24.3 Å². The fourth-order valence-electron chi connectivity index (χ4n) is 4.42. The molecule has 0 spiro atoms. The third kappa shape index (κ3) is 7.29. The molecule has 0 bridgehead atoms. The van der Waals surface area contributed by atoms with Crippen molar-refractivity contribution in [2.24, 2.45) is 10.1 Å². The molecule has 1 amide bonds. The minimum atomic E-state index is -1.29. The number of carboxylic acids is 1. The Hall–Kier alpha value is -3.97. The minimum absolute atomic E-state index is 0. The molecule has 4 rings (SSSR count). The summed E-state index contributed by atoms with van der Waals surface area (Å²) in [4.78, 5) is 34.5. The molecule has 0 saturated carbocycles. The summed E-state index contributed by atoms with van der Waals surface area (Å²) < 4.78 is 0. The molecule has 0 radical (unpaired) electrons. The second-order valence-corrected chi connectivity index (χ2v) is 8.69. The van der Waals surface area contributed by atoms with Crippen molar-refractivity contribution in [2.75, 3.05) is 13.1 Å². The molecule has 1 saturated heterocycles. The van der Waals surface area contributed by atoms with Gasteiger partial charge in [0.15, 0.2) is 6.04 Å². The van der Waals surface area contributed by atoms with Crippen LogP contribution in [0.4, 0.5) is 5.69 Å². The van der Waals surface area contributed by atoms with Gasteiger partial charge >= 0.3 is 22.5 Å².